The van der Waals surface area contributed by atoms with Crippen molar-refractivity contribution in [1.29, 1.82) is 0 Å². The summed E-state index contributed by atoms with van der Waals surface area (Å²) in [4.78, 5) is 5.24. The van der Waals surface area contributed by atoms with Gasteiger partial charge in [-0.25, -0.2) is 0 Å². The van der Waals surface area contributed by atoms with Crippen molar-refractivity contribution < 1.29 is 4.74 Å². The van der Waals surface area contributed by atoms with Gasteiger partial charge in [0.15, 0.2) is 0 Å². The van der Waals surface area contributed by atoms with E-state index in [1.807, 2.05) is 0 Å². The molecule has 0 amide bonds. The number of anilines is 1. The highest BCUT2D eigenvalue weighted by Gasteiger charge is 2.28. The highest BCUT2D eigenvalue weighted by Crippen LogP contribution is 2.27. The molecule has 2 saturated heterocycles. The first-order valence-corrected chi connectivity index (χ1v) is 8.52. The predicted octanol–water partition coefficient (Wildman–Crippen LogP) is 3.54. The molecule has 21 heavy (non-hydrogen) atoms. The van der Waals surface area contributed by atoms with E-state index in [2.05, 4.69) is 47.9 Å². The highest BCUT2D eigenvalue weighted by molar-refractivity contribution is 5.51. The van der Waals surface area contributed by atoms with E-state index in [1.165, 1.54) is 51.1 Å². The van der Waals surface area contributed by atoms with Crippen molar-refractivity contribution in [1.82, 2.24) is 4.90 Å². The van der Waals surface area contributed by atoms with Crippen molar-refractivity contribution in [2.24, 2.45) is 0 Å². The Hall–Kier alpha value is -1.22. The molecule has 0 N–H and O–H groups in total. The number of hydrogen-bond acceptors (Lipinski definition) is 3. The Balaban J connectivity index is 1.71. The quantitative estimate of drug-likeness (QED) is 0.843. The van der Waals surface area contributed by atoms with Crippen LogP contribution in [0.3, 0.4) is 0 Å². The van der Waals surface area contributed by atoms with Crippen LogP contribution in [-0.4, -0.2) is 43.2 Å². The summed E-state index contributed by atoms with van der Waals surface area (Å²) in [6.07, 6.45) is 5.34. The molecule has 0 bridgehead atoms. The molecule has 3 rings (SSSR count). The van der Waals surface area contributed by atoms with Gasteiger partial charge in [0, 0.05) is 37.4 Å². The van der Waals surface area contributed by atoms with Crippen molar-refractivity contribution in [3.05, 3.63) is 24.3 Å². The van der Waals surface area contributed by atoms with Crippen LogP contribution in [0.5, 0.6) is 5.75 Å². The summed E-state index contributed by atoms with van der Waals surface area (Å²) in [5.74, 6) is 1.01. The van der Waals surface area contributed by atoms with Crippen molar-refractivity contribution in [3.63, 3.8) is 0 Å². The molecule has 1 aromatic carbocycles. The monoisotopic (exact) mass is 288 g/mol. The van der Waals surface area contributed by atoms with Crippen molar-refractivity contribution in [3.8, 4) is 5.75 Å². The second kappa shape index (κ2) is 6.69. The number of rotatable bonds is 4. The van der Waals surface area contributed by atoms with Gasteiger partial charge in [-0.15, -0.1) is 0 Å². The largest absolute Gasteiger partial charge is 0.491 e. The molecule has 0 aromatic heterocycles. The molecule has 3 nitrogen and oxygen atoms in total. The van der Waals surface area contributed by atoms with Crippen LogP contribution in [0.2, 0.25) is 0 Å². The Morgan fingerprint density at radius 2 is 2.10 bits per heavy atom. The van der Waals surface area contributed by atoms with Crippen LogP contribution in [-0.2, 0) is 0 Å². The van der Waals surface area contributed by atoms with Gasteiger partial charge in [0.05, 0.1) is 6.10 Å². The van der Waals surface area contributed by atoms with Crippen LogP contribution in [0.4, 0.5) is 5.69 Å². The molecule has 116 valence electrons. The molecule has 2 aliphatic heterocycles. The first-order chi connectivity index (χ1) is 10.3. The minimum Gasteiger partial charge on any atom is -0.491 e. The number of nitrogens with zero attached hydrogens (tertiary/aromatic N) is 2. The van der Waals surface area contributed by atoms with Gasteiger partial charge in [-0.3, -0.25) is 4.90 Å². The lowest BCUT2D eigenvalue weighted by molar-refractivity contribution is 0.217. The summed E-state index contributed by atoms with van der Waals surface area (Å²) < 4.78 is 5.98. The second-order valence-electron chi connectivity index (χ2n) is 6.47. The fourth-order valence-electron chi connectivity index (χ4n) is 3.51. The standard InChI is InChI=1S/C18H28N2O/c1-3-15(2)21-18-9-4-7-16(13-18)20-12-6-11-19-10-5-8-17(19)14-20/h4,7,9,13,15,17H,3,5-6,8,10-12,14H2,1-2H3. The molecule has 2 heterocycles. The first kappa shape index (κ1) is 14.7. The van der Waals surface area contributed by atoms with E-state index < -0.39 is 0 Å². The minimum atomic E-state index is 0.287. The molecule has 1 aromatic rings. The van der Waals surface area contributed by atoms with Crippen molar-refractivity contribution in [2.75, 3.05) is 31.1 Å². The maximum Gasteiger partial charge on any atom is 0.121 e. The summed E-state index contributed by atoms with van der Waals surface area (Å²) in [6, 6.07) is 9.41. The van der Waals surface area contributed by atoms with Crippen molar-refractivity contribution in [2.45, 2.75) is 51.7 Å². The first-order valence-electron chi connectivity index (χ1n) is 8.52. The third kappa shape index (κ3) is 3.52. The van der Waals surface area contributed by atoms with E-state index in [0.717, 1.165) is 18.2 Å². The number of hydrogen-bond donors (Lipinski definition) is 0. The fraction of sp³-hybridized carbons (Fsp3) is 0.667. The molecule has 2 aliphatic rings. The van der Waals surface area contributed by atoms with Gasteiger partial charge < -0.3 is 9.64 Å². The Labute approximate surface area is 128 Å². The molecular formula is C18H28N2O. The molecule has 0 saturated carbocycles. The lowest BCUT2D eigenvalue weighted by atomic mass is 10.2. The van der Waals surface area contributed by atoms with Crippen LogP contribution in [0.1, 0.15) is 39.5 Å². The Morgan fingerprint density at radius 1 is 1.24 bits per heavy atom. The highest BCUT2D eigenvalue weighted by atomic mass is 16.5. The zero-order valence-electron chi connectivity index (χ0n) is 13.4. The molecule has 0 spiro atoms. The average molecular weight is 288 g/mol. The topological polar surface area (TPSA) is 15.7 Å². The van der Waals surface area contributed by atoms with E-state index in [0.29, 0.717) is 0 Å². The van der Waals surface area contributed by atoms with E-state index >= 15 is 0 Å². The van der Waals surface area contributed by atoms with Crippen LogP contribution in [0.25, 0.3) is 0 Å². The van der Waals surface area contributed by atoms with E-state index in [9.17, 15) is 0 Å². The van der Waals surface area contributed by atoms with Gasteiger partial charge in [0.25, 0.3) is 0 Å². The Bertz CT molecular complexity index is 462. The third-order valence-corrected chi connectivity index (χ3v) is 4.90. The van der Waals surface area contributed by atoms with E-state index in [1.54, 1.807) is 0 Å². The molecule has 2 unspecified atom stereocenters. The van der Waals surface area contributed by atoms with Gasteiger partial charge in [0.1, 0.15) is 5.75 Å². The number of fused-ring (bicyclic) bond motifs is 1. The zero-order valence-corrected chi connectivity index (χ0v) is 13.4. The van der Waals surface area contributed by atoms with E-state index in [4.69, 9.17) is 4.74 Å². The van der Waals surface area contributed by atoms with Crippen LogP contribution >= 0.6 is 0 Å². The van der Waals surface area contributed by atoms with E-state index in [-0.39, 0.29) is 6.10 Å². The number of benzene rings is 1. The summed E-state index contributed by atoms with van der Waals surface area (Å²) in [6.45, 7) is 9.21. The molecule has 3 heteroatoms. The molecule has 2 fully saturated rings. The van der Waals surface area contributed by atoms with Crippen LogP contribution in [0, 0.1) is 0 Å². The Morgan fingerprint density at radius 3 is 2.95 bits per heavy atom. The SMILES string of the molecule is CCC(C)Oc1cccc(N2CCCN3CCCC3C2)c1. The summed E-state index contributed by atoms with van der Waals surface area (Å²) in [7, 11) is 0. The third-order valence-electron chi connectivity index (χ3n) is 4.90. The summed E-state index contributed by atoms with van der Waals surface area (Å²) in [5.41, 5.74) is 1.32. The lowest BCUT2D eigenvalue weighted by Gasteiger charge is -2.27. The van der Waals surface area contributed by atoms with Gasteiger partial charge in [-0.2, -0.15) is 0 Å². The second-order valence-corrected chi connectivity index (χ2v) is 6.47. The predicted molar refractivity (Wildman–Crippen MR) is 88.2 cm³/mol. The fourth-order valence-corrected chi connectivity index (χ4v) is 3.51. The van der Waals surface area contributed by atoms with Crippen LogP contribution < -0.4 is 9.64 Å². The zero-order chi connectivity index (χ0) is 14.7. The number of ether oxygens (including phenoxy) is 1. The lowest BCUT2D eigenvalue weighted by Crippen LogP contribution is -2.36. The van der Waals surface area contributed by atoms with Gasteiger partial charge in [-0.05, 0) is 51.3 Å². The smallest absolute Gasteiger partial charge is 0.121 e. The van der Waals surface area contributed by atoms with Gasteiger partial charge >= 0.3 is 0 Å². The molecule has 0 radical (unpaired) electrons. The maximum atomic E-state index is 5.98. The molecular weight excluding hydrogens is 260 g/mol. The molecule has 2 atom stereocenters. The maximum absolute atomic E-state index is 5.98. The average Bonchev–Trinajstić information content (AvgIpc) is 2.84. The van der Waals surface area contributed by atoms with Gasteiger partial charge in [0.2, 0.25) is 0 Å². The van der Waals surface area contributed by atoms with Crippen LogP contribution in [0.15, 0.2) is 24.3 Å². The minimum absolute atomic E-state index is 0.287. The Kier molecular flexibility index (Phi) is 4.69. The summed E-state index contributed by atoms with van der Waals surface area (Å²) >= 11 is 0. The normalized spacial score (nSPS) is 24.5. The van der Waals surface area contributed by atoms with Gasteiger partial charge in [-0.1, -0.05) is 13.0 Å². The summed E-state index contributed by atoms with van der Waals surface area (Å²) in [5, 5.41) is 0. The molecule has 0 aliphatic carbocycles. The van der Waals surface area contributed by atoms with Crippen molar-refractivity contribution >= 4 is 5.69 Å².